The minimum absolute atomic E-state index is 0. The predicted octanol–water partition coefficient (Wildman–Crippen LogP) is 1.12. The molecule has 0 aromatic carbocycles. The van der Waals surface area contributed by atoms with Crippen molar-refractivity contribution in [3.63, 3.8) is 0 Å². The first-order valence-corrected chi connectivity index (χ1v) is 4.22. The molecule has 2 N–H and O–H groups in total. The standard InChI is InChI=1S/C6H14N2OS.ClH/c1-3-9-4-5-10-6(7)8-2;/h3-5H2,1-2H3,(H2,7,8);1H. The lowest BCUT2D eigenvalue weighted by Crippen LogP contribution is -2.08. The van der Waals surface area contributed by atoms with Gasteiger partial charge in [-0.25, -0.2) is 0 Å². The van der Waals surface area contributed by atoms with Gasteiger partial charge in [0.1, 0.15) is 0 Å². The number of thioether (sulfide) groups is 1. The Morgan fingerprint density at radius 3 is 2.73 bits per heavy atom. The molecule has 0 aromatic heterocycles. The van der Waals surface area contributed by atoms with Crippen molar-refractivity contribution < 1.29 is 4.74 Å². The fraction of sp³-hybridized carbons (Fsp3) is 0.833. The van der Waals surface area contributed by atoms with Crippen LogP contribution in [0.4, 0.5) is 0 Å². The summed E-state index contributed by atoms with van der Waals surface area (Å²) < 4.78 is 5.10. The van der Waals surface area contributed by atoms with E-state index in [1.807, 2.05) is 6.92 Å². The van der Waals surface area contributed by atoms with Crippen molar-refractivity contribution in [2.24, 2.45) is 10.7 Å². The summed E-state index contributed by atoms with van der Waals surface area (Å²) >= 11 is 1.52. The Kier molecular flexibility index (Phi) is 12.5. The van der Waals surface area contributed by atoms with Gasteiger partial charge in [0.2, 0.25) is 0 Å². The largest absolute Gasteiger partial charge is 0.381 e. The normalized spacial score (nSPS) is 10.9. The molecule has 0 aliphatic heterocycles. The Morgan fingerprint density at radius 2 is 2.27 bits per heavy atom. The van der Waals surface area contributed by atoms with E-state index in [1.54, 1.807) is 7.05 Å². The second kappa shape index (κ2) is 10.1. The minimum atomic E-state index is 0. The van der Waals surface area contributed by atoms with Crippen LogP contribution in [0.1, 0.15) is 6.92 Å². The average Bonchev–Trinajstić information content (AvgIpc) is 1.98. The highest BCUT2D eigenvalue weighted by atomic mass is 35.5. The van der Waals surface area contributed by atoms with Gasteiger partial charge < -0.3 is 10.5 Å². The third-order valence-electron chi connectivity index (χ3n) is 0.902. The monoisotopic (exact) mass is 198 g/mol. The fourth-order valence-corrected chi connectivity index (χ4v) is 0.953. The molecule has 0 atom stereocenters. The molecule has 0 saturated heterocycles. The number of rotatable bonds is 4. The molecule has 0 aromatic rings. The Bertz CT molecular complexity index is 111. The summed E-state index contributed by atoms with van der Waals surface area (Å²) in [5.74, 6) is 0.886. The topological polar surface area (TPSA) is 47.6 Å². The summed E-state index contributed by atoms with van der Waals surface area (Å²) in [6.45, 7) is 3.49. The smallest absolute Gasteiger partial charge is 0.153 e. The van der Waals surface area contributed by atoms with Crippen LogP contribution in [0.5, 0.6) is 0 Å². The van der Waals surface area contributed by atoms with Crippen molar-refractivity contribution in [1.82, 2.24) is 0 Å². The summed E-state index contributed by atoms with van der Waals surface area (Å²) in [6, 6.07) is 0. The lowest BCUT2D eigenvalue weighted by molar-refractivity contribution is 0.164. The second-order valence-corrected chi connectivity index (χ2v) is 2.72. The maximum Gasteiger partial charge on any atom is 0.153 e. The Morgan fingerprint density at radius 1 is 1.64 bits per heavy atom. The number of hydrogen-bond donors (Lipinski definition) is 1. The zero-order valence-electron chi connectivity index (χ0n) is 6.87. The molecule has 0 rings (SSSR count). The molecule has 0 amide bonds. The van der Waals surface area contributed by atoms with Crippen LogP contribution in [0.15, 0.2) is 4.99 Å². The molecule has 0 aliphatic carbocycles. The molecule has 0 bridgehead atoms. The molecular formula is C6H15ClN2OS. The molecule has 3 nitrogen and oxygen atoms in total. The first-order valence-electron chi connectivity index (χ1n) is 3.24. The van der Waals surface area contributed by atoms with E-state index in [9.17, 15) is 0 Å². The van der Waals surface area contributed by atoms with Gasteiger partial charge in [-0.1, -0.05) is 11.8 Å². The Hall–Kier alpha value is 0.0700. The van der Waals surface area contributed by atoms with E-state index in [0.29, 0.717) is 5.17 Å². The van der Waals surface area contributed by atoms with Gasteiger partial charge in [-0.2, -0.15) is 0 Å². The lowest BCUT2D eigenvalue weighted by Gasteiger charge is -1.99. The average molecular weight is 199 g/mol. The van der Waals surface area contributed by atoms with Gasteiger partial charge in [-0.15, -0.1) is 12.4 Å². The lowest BCUT2D eigenvalue weighted by atomic mass is 10.8. The Balaban J connectivity index is 0. The molecule has 11 heavy (non-hydrogen) atoms. The van der Waals surface area contributed by atoms with Gasteiger partial charge in [0, 0.05) is 19.4 Å². The second-order valence-electron chi connectivity index (χ2n) is 1.61. The van der Waals surface area contributed by atoms with E-state index >= 15 is 0 Å². The summed E-state index contributed by atoms with van der Waals surface area (Å²) in [7, 11) is 1.68. The third kappa shape index (κ3) is 10.1. The molecular weight excluding hydrogens is 184 g/mol. The first-order chi connectivity index (χ1) is 4.81. The molecule has 0 saturated carbocycles. The molecule has 0 aliphatic rings. The molecule has 0 fully saturated rings. The summed E-state index contributed by atoms with van der Waals surface area (Å²) in [6.07, 6.45) is 0. The number of ether oxygens (including phenoxy) is 1. The Labute approximate surface area is 78.2 Å². The number of nitrogens with zero attached hydrogens (tertiary/aromatic N) is 1. The van der Waals surface area contributed by atoms with E-state index < -0.39 is 0 Å². The molecule has 5 heteroatoms. The van der Waals surface area contributed by atoms with Crippen LogP contribution in [-0.2, 0) is 4.74 Å². The van der Waals surface area contributed by atoms with Crippen LogP contribution in [0, 0.1) is 0 Å². The molecule has 0 unspecified atom stereocenters. The maximum atomic E-state index is 5.41. The van der Waals surface area contributed by atoms with E-state index in [4.69, 9.17) is 10.5 Å². The summed E-state index contributed by atoms with van der Waals surface area (Å²) in [5, 5.41) is 0.625. The van der Waals surface area contributed by atoms with E-state index in [0.717, 1.165) is 19.0 Å². The molecule has 0 heterocycles. The molecule has 68 valence electrons. The van der Waals surface area contributed by atoms with Gasteiger partial charge in [-0.05, 0) is 6.92 Å². The van der Waals surface area contributed by atoms with Crippen LogP contribution in [0.3, 0.4) is 0 Å². The van der Waals surface area contributed by atoms with Crippen LogP contribution in [0.2, 0.25) is 0 Å². The van der Waals surface area contributed by atoms with Gasteiger partial charge in [0.05, 0.1) is 6.61 Å². The van der Waals surface area contributed by atoms with E-state index in [-0.39, 0.29) is 12.4 Å². The fourth-order valence-electron chi connectivity index (χ4n) is 0.414. The number of nitrogens with two attached hydrogens (primary N) is 1. The number of hydrogen-bond acceptors (Lipinski definition) is 3. The third-order valence-corrected chi connectivity index (χ3v) is 1.75. The number of halogens is 1. The SMILES string of the molecule is CCOCCSC(N)=NC.Cl. The van der Waals surface area contributed by atoms with Crippen molar-refractivity contribution in [2.45, 2.75) is 6.92 Å². The zero-order chi connectivity index (χ0) is 7.82. The minimum Gasteiger partial charge on any atom is -0.381 e. The quantitative estimate of drug-likeness (QED) is 0.419. The highest BCUT2D eigenvalue weighted by Crippen LogP contribution is 1.97. The van der Waals surface area contributed by atoms with Gasteiger partial charge in [0.15, 0.2) is 5.17 Å². The van der Waals surface area contributed by atoms with Crippen molar-refractivity contribution in [2.75, 3.05) is 26.0 Å². The highest BCUT2D eigenvalue weighted by Gasteiger charge is 1.90. The number of aliphatic imine (C=N–C) groups is 1. The van der Waals surface area contributed by atoms with E-state index in [2.05, 4.69) is 4.99 Å². The number of amidine groups is 1. The zero-order valence-corrected chi connectivity index (χ0v) is 8.50. The maximum absolute atomic E-state index is 5.41. The molecule has 0 radical (unpaired) electrons. The van der Waals surface area contributed by atoms with E-state index in [1.165, 1.54) is 11.8 Å². The van der Waals surface area contributed by atoms with Crippen LogP contribution in [0.25, 0.3) is 0 Å². The first kappa shape index (κ1) is 13.6. The van der Waals surface area contributed by atoms with Crippen molar-refractivity contribution >= 4 is 29.3 Å². The van der Waals surface area contributed by atoms with Crippen molar-refractivity contribution in [3.8, 4) is 0 Å². The molecule has 0 spiro atoms. The van der Waals surface area contributed by atoms with Crippen molar-refractivity contribution in [3.05, 3.63) is 0 Å². The van der Waals surface area contributed by atoms with Crippen LogP contribution >= 0.6 is 24.2 Å². The highest BCUT2D eigenvalue weighted by molar-refractivity contribution is 8.13. The van der Waals surface area contributed by atoms with Crippen LogP contribution < -0.4 is 5.73 Å². The van der Waals surface area contributed by atoms with Crippen molar-refractivity contribution in [1.29, 1.82) is 0 Å². The van der Waals surface area contributed by atoms with Gasteiger partial charge >= 0.3 is 0 Å². The summed E-state index contributed by atoms with van der Waals surface area (Å²) in [4.78, 5) is 3.79. The van der Waals surface area contributed by atoms with Crippen LogP contribution in [-0.4, -0.2) is 31.2 Å². The predicted molar refractivity (Wildman–Crippen MR) is 53.7 cm³/mol. The van der Waals surface area contributed by atoms with Gasteiger partial charge in [-0.3, -0.25) is 4.99 Å². The summed E-state index contributed by atoms with van der Waals surface area (Å²) in [5.41, 5.74) is 5.41. The van der Waals surface area contributed by atoms with Gasteiger partial charge in [0.25, 0.3) is 0 Å².